The number of benzene rings is 1. The normalized spacial score (nSPS) is 17.3. The first-order valence-corrected chi connectivity index (χ1v) is 13.3. The monoisotopic (exact) mass is 488 g/mol. The van der Waals surface area contributed by atoms with Crippen LogP contribution in [-0.4, -0.2) is 41.9 Å². The van der Waals surface area contributed by atoms with Gasteiger partial charge in [0.1, 0.15) is 0 Å². The Balaban J connectivity index is 1.52. The summed E-state index contributed by atoms with van der Waals surface area (Å²) < 4.78 is 33.5. The Morgan fingerprint density at radius 1 is 1.27 bits per heavy atom. The third-order valence-electron chi connectivity index (χ3n) is 5.89. The molecule has 3 aromatic rings. The minimum Gasteiger partial charge on any atom is -0.339 e. The molecule has 1 N–H and O–H groups in total. The van der Waals surface area contributed by atoms with E-state index in [1.54, 1.807) is 13.0 Å². The van der Waals surface area contributed by atoms with Crippen LogP contribution in [0.2, 0.25) is 0 Å². The van der Waals surface area contributed by atoms with Crippen molar-refractivity contribution in [1.29, 1.82) is 0 Å². The van der Waals surface area contributed by atoms with Crippen LogP contribution >= 0.6 is 11.3 Å². The molecule has 2 aromatic heterocycles. The fraction of sp³-hybridized carbons (Fsp3) is 0.435. The first-order chi connectivity index (χ1) is 15.7. The molecular weight excluding hydrogens is 460 g/mol. The van der Waals surface area contributed by atoms with Crippen molar-refractivity contribution in [3.8, 4) is 10.7 Å². The third kappa shape index (κ3) is 4.87. The molecule has 0 spiro atoms. The molecule has 176 valence electrons. The van der Waals surface area contributed by atoms with Crippen molar-refractivity contribution in [2.75, 3.05) is 18.4 Å². The molecule has 0 unspecified atom stereocenters. The number of hydrogen-bond donors (Lipinski definition) is 1. The summed E-state index contributed by atoms with van der Waals surface area (Å²) in [5.41, 5.74) is 2.80. The molecule has 1 aromatic carbocycles. The van der Waals surface area contributed by atoms with Gasteiger partial charge in [-0.25, -0.2) is 8.42 Å². The number of carbonyl (C=O) groups is 1. The second-order valence-corrected chi connectivity index (χ2v) is 11.6. The van der Waals surface area contributed by atoms with Gasteiger partial charge in [0.05, 0.1) is 15.7 Å². The fourth-order valence-electron chi connectivity index (χ4n) is 3.95. The van der Waals surface area contributed by atoms with Gasteiger partial charge in [0.15, 0.2) is 0 Å². The number of nitrogens with zero attached hydrogens (tertiary/aromatic N) is 3. The van der Waals surface area contributed by atoms with Crippen molar-refractivity contribution in [3.05, 3.63) is 46.2 Å². The van der Waals surface area contributed by atoms with Gasteiger partial charge >= 0.3 is 0 Å². The maximum absolute atomic E-state index is 13.5. The largest absolute Gasteiger partial charge is 0.339 e. The molecule has 1 atom stereocenters. The first kappa shape index (κ1) is 23.6. The summed E-state index contributed by atoms with van der Waals surface area (Å²) in [5, 5.41) is 6.95. The summed E-state index contributed by atoms with van der Waals surface area (Å²) in [6.45, 7) is 8.15. The lowest BCUT2D eigenvalue weighted by Crippen LogP contribution is -2.43. The van der Waals surface area contributed by atoms with Crippen LogP contribution in [0.5, 0.6) is 0 Å². The summed E-state index contributed by atoms with van der Waals surface area (Å²) in [6.07, 6.45) is 1.89. The highest BCUT2D eigenvalue weighted by Crippen LogP contribution is 2.35. The van der Waals surface area contributed by atoms with Crippen molar-refractivity contribution >= 4 is 33.0 Å². The Hall–Kier alpha value is -2.56. The van der Waals surface area contributed by atoms with Gasteiger partial charge in [-0.2, -0.15) is 9.29 Å². The van der Waals surface area contributed by atoms with Crippen LogP contribution in [0.15, 0.2) is 33.7 Å². The van der Waals surface area contributed by atoms with E-state index in [4.69, 9.17) is 4.52 Å². The lowest BCUT2D eigenvalue weighted by molar-refractivity contribution is -0.120. The number of aryl methyl sites for hydroxylation is 4. The van der Waals surface area contributed by atoms with E-state index in [2.05, 4.69) is 15.5 Å². The summed E-state index contributed by atoms with van der Waals surface area (Å²) in [4.78, 5) is 18.8. The van der Waals surface area contributed by atoms with Crippen LogP contribution in [-0.2, 0) is 21.2 Å². The number of thiophene rings is 1. The standard InChI is InChI=1S/C23H28N4O4S2/c1-5-21-25-22(26-31-21)19-12-20(16(4)32-19)33(29,30)27-10-6-7-17(13-27)23(28)24-18-11-14(2)8-9-15(18)3/h8-9,11-12,17H,5-7,10,13H2,1-4H3,(H,24,28)/t17-/m0/s1. The van der Waals surface area contributed by atoms with Crippen LogP contribution in [0.1, 0.15) is 41.7 Å². The maximum atomic E-state index is 13.5. The maximum Gasteiger partial charge on any atom is 0.244 e. The number of sulfonamides is 1. The molecule has 3 heterocycles. The Labute approximate surface area is 198 Å². The zero-order chi connectivity index (χ0) is 23.8. The molecule has 8 nitrogen and oxygen atoms in total. The molecule has 0 saturated carbocycles. The van der Waals surface area contributed by atoms with Crippen LogP contribution < -0.4 is 5.32 Å². The molecule has 0 bridgehead atoms. The number of amides is 1. The number of anilines is 1. The van der Waals surface area contributed by atoms with Crippen molar-refractivity contribution < 1.29 is 17.7 Å². The zero-order valence-electron chi connectivity index (χ0n) is 19.2. The quantitative estimate of drug-likeness (QED) is 0.554. The molecule has 1 aliphatic heterocycles. The number of hydrogen-bond acceptors (Lipinski definition) is 7. The molecule has 1 fully saturated rings. The highest BCUT2D eigenvalue weighted by atomic mass is 32.2. The molecule has 1 aliphatic rings. The van der Waals surface area contributed by atoms with Crippen LogP contribution in [0.25, 0.3) is 10.7 Å². The van der Waals surface area contributed by atoms with Crippen molar-refractivity contribution in [3.63, 3.8) is 0 Å². The number of carbonyl (C=O) groups excluding carboxylic acids is 1. The number of nitrogens with one attached hydrogen (secondary N) is 1. The summed E-state index contributed by atoms with van der Waals surface area (Å²) in [7, 11) is -3.76. The predicted molar refractivity (Wildman–Crippen MR) is 128 cm³/mol. The molecule has 0 aliphatic carbocycles. The van der Waals surface area contributed by atoms with Crippen LogP contribution in [0, 0.1) is 26.7 Å². The molecule has 1 amide bonds. The Morgan fingerprint density at radius 2 is 2.06 bits per heavy atom. The average molecular weight is 489 g/mol. The topological polar surface area (TPSA) is 105 Å². The van der Waals surface area contributed by atoms with Crippen molar-refractivity contribution in [2.45, 2.75) is 51.9 Å². The molecule has 4 rings (SSSR count). The Morgan fingerprint density at radius 3 is 2.79 bits per heavy atom. The Bertz CT molecular complexity index is 1280. The molecule has 33 heavy (non-hydrogen) atoms. The van der Waals surface area contributed by atoms with E-state index in [1.165, 1.54) is 15.6 Å². The van der Waals surface area contributed by atoms with Gasteiger partial charge in [0, 0.05) is 30.1 Å². The smallest absolute Gasteiger partial charge is 0.244 e. The van der Waals surface area contributed by atoms with E-state index in [0.29, 0.717) is 47.3 Å². The second-order valence-electron chi connectivity index (χ2n) is 8.41. The van der Waals surface area contributed by atoms with Gasteiger partial charge in [-0.1, -0.05) is 24.2 Å². The predicted octanol–water partition coefficient (Wildman–Crippen LogP) is 4.33. The van der Waals surface area contributed by atoms with E-state index in [1.807, 2.05) is 39.0 Å². The fourth-order valence-corrected chi connectivity index (χ4v) is 6.96. The minimum absolute atomic E-state index is 0.148. The van der Waals surface area contributed by atoms with Crippen molar-refractivity contribution in [1.82, 2.24) is 14.4 Å². The van der Waals surface area contributed by atoms with Gasteiger partial charge in [-0.3, -0.25) is 4.79 Å². The lowest BCUT2D eigenvalue weighted by atomic mass is 9.98. The Kier molecular flexibility index (Phi) is 6.69. The minimum atomic E-state index is -3.76. The van der Waals surface area contributed by atoms with E-state index in [0.717, 1.165) is 16.8 Å². The van der Waals surface area contributed by atoms with E-state index in [-0.39, 0.29) is 17.3 Å². The molecule has 0 radical (unpaired) electrons. The highest BCUT2D eigenvalue weighted by Gasteiger charge is 2.35. The van der Waals surface area contributed by atoms with Gasteiger partial charge in [-0.15, -0.1) is 11.3 Å². The van der Waals surface area contributed by atoms with Gasteiger partial charge in [0.25, 0.3) is 0 Å². The average Bonchev–Trinajstić information content (AvgIpc) is 3.43. The summed E-state index contributed by atoms with van der Waals surface area (Å²) >= 11 is 1.32. The van der Waals surface area contributed by atoms with Crippen LogP contribution in [0.3, 0.4) is 0 Å². The van der Waals surface area contributed by atoms with E-state index < -0.39 is 15.9 Å². The molecule has 10 heteroatoms. The van der Waals surface area contributed by atoms with Gasteiger partial charge in [0.2, 0.25) is 27.6 Å². The van der Waals surface area contributed by atoms with Gasteiger partial charge in [-0.05, 0) is 56.9 Å². The SMILES string of the molecule is CCc1nc(-c2cc(S(=O)(=O)N3CCC[C@H](C(=O)Nc4cc(C)ccc4C)C3)c(C)s2)no1. The van der Waals surface area contributed by atoms with Gasteiger partial charge < -0.3 is 9.84 Å². The van der Waals surface area contributed by atoms with Crippen LogP contribution in [0.4, 0.5) is 5.69 Å². The molecule has 1 saturated heterocycles. The lowest BCUT2D eigenvalue weighted by Gasteiger charge is -2.31. The summed E-state index contributed by atoms with van der Waals surface area (Å²) in [5.74, 6) is 0.349. The third-order valence-corrected chi connectivity index (χ3v) is 9.05. The number of piperidine rings is 1. The zero-order valence-corrected chi connectivity index (χ0v) is 20.8. The van der Waals surface area contributed by atoms with E-state index >= 15 is 0 Å². The molecular formula is C23H28N4O4S2. The number of rotatable bonds is 6. The number of aromatic nitrogens is 2. The highest BCUT2D eigenvalue weighted by molar-refractivity contribution is 7.89. The van der Waals surface area contributed by atoms with E-state index in [9.17, 15) is 13.2 Å². The summed E-state index contributed by atoms with van der Waals surface area (Å²) in [6, 6.07) is 7.50. The first-order valence-electron chi connectivity index (χ1n) is 11.0. The van der Waals surface area contributed by atoms with Crippen molar-refractivity contribution in [2.24, 2.45) is 5.92 Å². The second kappa shape index (κ2) is 9.36.